The second kappa shape index (κ2) is 6.51. The highest BCUT2D eigenvalue weighted by Gasteiger charge is 2.32. The van der Waals surface area contributed by atoms with Gasteiger partial charge in [0.15, 0.2) is 5.05 Å². The van der Waals surface area contributed by atoms with Gasteiger partial charge in [0.25, 0.3) is 0 Å². The third-order valence-electron chi connectivity index (χ3n) is 4.23. The molecule has 3 unspecified atom stereocenters. The first-order chi connectivity index (χ1) is 9.08. The summed E-state index contributed by atoms with van der Waals surface area (Å²) in [5.41, 5.74) is 1.03. The summed E-state index contributed by atoms with van der Waals surface area (Å²) in [7, 11) is 0. The van der Waals surface area contributed by atoms with Crippen LogP contribution in [0.4, 0.5) is 0 Å². The highest BCUT2D eigenvalue weighted by Crippen LogP contribution is 2.35. The highest BCUT2D eigenvalue weighted by atomic mass is 32.1. The molecule has 104 valence electrons. The summed E-state index contributed by atoms with van der Waals surface area (Å²) in [6.07, 6.45) is 4.01. The van der Waals surface area contributed by atoms with E-state index in [1.807, 2.05) is 30.3 Å². The minimum Gasteiger partial charge on any atom is -0.479 e. The van der Waals surface area contributed by atoms with E-state index in [1.165, 1.54) is 12.8 Å². The van der Waals surface area contributed by atoms with E-state index in [0.717, 1.165) is 17.9 Å². The fourth-order valence-corrected chi connectivity index (χ4v) is 3.29. The molecule has 0 saturated heterocycles. The van der Waals surface area contributed by atoms with Crippen LogP contribution in [0.3, 0.4) is 0 Å². The van der Waals surface area contributed by atoms with Gasteiger partial charge in [-0.3, -0.25) is 0 Å². The predicted octanol–water partition coefficient (Wildman–Crippen LogP) is 4.84. The van der Waals surface area contributed by atoms with Gasteiger partial charge in [-0.15, -0.1) is 0 Å². The molecular weight excluding hydrogens is 252 g/mol. The molecule has 0 aromatic heterocycles. The Morgan fingerprint density at radius 2 is 1.89 bits per heavy atom. The van der Waals surface area contributed by atoms with Crippen molar-refractivity contribution in [2.45, 2.75) is 46.1 Å². The van der Waals surface area contributed by atoms with Crippen LogP contribution in [0.25, 0.3) is 0 Å². The van der Waals surface area contributed by atoms with Crippen molar-refractivity contribution in [3.63, 3.8) is 0 Å². The zero-order valence-corrected chi connectivity index (χ0v) is 13.0. The molecule has 0 N–H and O–H groups in total. The van der Waals surface area contributed by atoms with Crippen LogP contribution in [0.5, 0.6) is 0 Å². The van der Waals surface area contributed by atoms with Gasteiger partial charge in [-0.05, 0) is 42.8 Å². The molecule has 1 fully saturated rings. The average molecular weight is 276 g/mol. The Hall–Kier alpha value is -0.890. The zero-order valence-electron chi connectivity index (χ0n) is 12.1. The third kappa shape index (κ3) is 3.79. The van der Waals surface area contributed by atoms with Crippen LogP contribution in [-0.4, -0.2) is 11.2 Å². The molecule has 0 aliphatic heterocycles. The van der Waals surface area contributed by atoms with Crippen molar-refractivity contribution >= 4 is 17.3 Å². The SMILES string of the molecule is CC1CCC(C(C)C)C(OC(=S)c2ccccc2)C1. The molecule has 3 atom stereocenters. The van der Waals surface area contributed by atoms with Crippen LogP contribution < -0.4 is 0 Å². The summed E-state index contributed by atoms with van der Waals surface area (Å²) < 4.78 is 6.15. The fourth-order valence-electron chi connectivity index (χ4n) is 3.03. The van der Waals surface area contributed by atoms with Gasteiger partial charge in [0.1, 0.15) is 6.10 Å². The first-order valence-corrected chi connectivity index (χ1v) is 7.74. The maximum Gasteiger partial charge on any atom is 0.191 e. The Labute approximate surface area is 122 Å². The maximum absolute atomic E-state index is 6.15. The molecule has 2 rings (SSSR count). The molecule has 1 saturated carbocycles. The summed E-state index contributed by atoms with van der Waals surface area (Å²) in [5.74, 6) is 2.05. The normalized spacial score (nSPS) is 27.3. The predicted molar refractivity (Wildman–Crippen MR) is 84.4 cm³/mol. The zero-order chi connectivity index (χ0) is 13.8. The quantitative estimate of drug-likeness (QED) is 0.731. The number of benzene rings is 1. The van der Waals surface area contributed by atoms with Gasteiger partial charge >= 0.3 is 0 Å². The first-order valence-electron chi connectivity index (χ1n) is 7.34. The Bertz CT molecular complexity index is 413. The second-order valence-corrected chi connectivity index (χ2v) is 6.51. The minimum absolute atomic E-state index is 0.288. The largest absolute Gasteiger partial charge is 0.479 e. The maximum atomic E-state index is 6.15. The minimum atomic E-state index is 0.288. The number of thiocarbonyl (C=S) groups is 1. The fraction of sp³-hybridized carbons (Fsp3) is 0.588. The lowest BCUT2D eigenvalue weighted by Gasteiger charge is -2.37. The lowest BCUT2D eigenvalue weighted by atomic mass is 9.75. The lowest BCUT2D eigenvalue weighted by molar-refractivity contribution is 0.0401. The van der Waals surface area contributed by atoms with Crippen LogP contribution in [0.1, 0.15) is 45.6 Å². The van der Waals surface area contributed by atoms with Crippen molar-refractivity contribution in [2.24, 2.45) is 17.8 Å². The average Bonchev–Trinajstić information content (AvgIpc) is 2.39. The smallest absolute Gasteiger partial charge is 0.191 e. The third-order valence-corrected chi connectivity index (χ3v) is 4.56. The van der Waals surface area contributed by atoms with Crippen molar-refractivity contribution in [3.05, 3.63) is 35.9 Å². The van der Waals surface area contributed by atoms with Gasteiger partial charge in [0.05, 0.1) is 0 Å². The van der Waals surface area contributed by atoms with E-state index in [4.69, 9.17) is 17.0 Å². The van der Waals surface area contributed by atoms with Gasteiger partial charge in [-0.25, -0.2) is 0 Å². The van der Waals surface area contributed by atoms with Crippen molar-refractivity contribution in [1.29, 1.82) is 0 Å². The molecular formula is C17H24OS. The molecule has 2 heteroatoms. The molecule has 0 bridgehead atoms. The number of ether oxygens (including phenoxy) is 1. The Morgan fingerprint density at radius 3 is 2.53 bits per heavy atom. The Balaban J connectivity index is 2.04. The Kier molecular flexibility index (Phi) is 4.98. The van der Waals surface area contributed by atoms with Crippen molar-refractivity contribution in [2.75, 3.05) is 0 Å². The molecule has 1 aliphatic carbocycles. The van der Waals surface area contributed by atoms with Crippen LogP contribution in [0.2, 0.25) is 0 Å². The van der Waals surface area contributed by atoms with Crippen LogP contribution >= 0.6 is 12.2 Å². The van der Waals surface area contributed by atoms with Crippen LogP contribution in [0, 0.1) is 17.8 Å². The van der Waals surface area contributed by atoms with E-state index in [9.17, 15) is 0 Å². The van der Waals surface area contributed by atoms with Gasteiger partial charge < -0.3 is 4.74 Å². The van der Waals surface area contributed by atoms with E-state index in [0.29, 0.717) is 16.9 Å². The monoisotopic (exact) mass is 276 g/mol. The first kappa shape index (κ1) is 14.5. The lowest BCUT2D eigenvalue weighted by Crippen LogP contribution is -2.35. The second-order valence-electron chi connectivity index (χ2n) is 6.14. The van der Waals surface area contributed by atoms with Crippen LogP contribution in [0.15, 0.2) is 30.3 Å². The number of hydrogen-bond acceptors (Lipinski definition) is 2. The molecule has 1 aromatic carbocycles. The van der Waals surface area contributed by atoms with Crippen LogP contribution in [-0.2, 0) is 4.74 Å². The summed E-state index contributed by atoms with van der Waals surface area (Å²) >= 11 is 5.46. The van der Waals surface area contributed by atoms with Gasteiger partial charge in [0.2, 0.25) is 0 Å². The van der Waals surface area contributed by atoms with E-state index in [1.54, 1.807) is 0 Å². The summed E-state index contributed by atoms with van der Waals surface area (Å²) in [6, 6.07) is 10.1. The van der Waals surface area contributed by atoms with Crippen molar-refractivity contribution in [1.82, 2.24) is 0 Å². The van der Waals surface area contributed by atoms with E-state index >= 15 is 0 Å². The molecule has 1 aromatic rings. The van der Waals surface area contributed by atoms with E-state index in [-0.39, 0.29) is 6.10 Å². The standard InChI is InChI=1S/C17H24OS/c1-12(2)15-10-9-13(3)11-16(15)18-17(19)14-7-5-4-6-8-14/h4-8,12-13,15-16H,9-11H2,1-3H3. The molecule has 0 spiro atoms. The van der Waals surface area contributed by atoms with Crippen molar-refractivity contribution in [3.8, 4) is 0 Å². The number of rotatable bonds is 3. The molecule has 1 nitrogen and oxygen atoms in total. The van der Waals surface area contributed by atoms with E-state index < -0.39 is 0 Å². The number of hydrogen-bond donors (Lipinski definition) is 0. The summed E-state index contributed by atoms with van der Waals surface area (Å²) in [5, 5.41) is 0.658. The molecule has 19 heavy (non-hydrogen) atoms. The molecule has 1 aliphatic rings. The van der Waals surface area contributed by atoms with Crippen molar-refractivity contribution < 1.29 is 4.74 Å². The summed E-state index contributed by atoms with van der Waals surface area (Å²) in [6.45, 7) is 6.91. The van der Waals surface area contributed by atoms with Gasteiger partial charge in [0, 0.05) is 5.56 Å². The molecule has 0 radical (unpaired) electrons. The topological polar surface area (TPSA) is 9.23 Å². The summed E-state index contributed by atoms with van der Waals surface area (Å²) in [4.78, 5) is 0. The molecule has 0 heterocycles. The van der Waals surface area contributed by atoms with Gasteiger partial charge in [-0.2, -0.15) is 0 Å². The highest BCUT2D eigenvalue weighted by molar-refractivity contribution is 7.80. The van der Waals surface area contributed by atoms with E-state index in [2.05, 4.69) is 20.8 Å². The van der Waals surface area contributed by atoms with Gasteiger partial charge in [-0.1, -0.05) is 57.5 Å². The Morgan fingerprint density at radius 1 is 1.21 bits per heavy atom. The molecule has 0 amide bonds.